The first kappa shape index (κ1) is 10.6. The van der Waals surface area contributed by atoms with Gasteiger partial charge >= 0.3 is 5.97 Å². The minimum Gasteiger partial charge on any atom is -0.481 e. The molecule has 1 atom stereocenters. The average Bonchev–Trinajstić information content (AvgIpc) is 2.57. The van der Waals surface area contributed by atoms with Crippen LogP contribution >= 0.6 is 0 Å². The minimum atomic E-state index is -0.569. The molecule has 1 N–H and O–H groups in total. The van der Waals surface area contributed by atoms with Gasteiger partial charge < -0.3 is 5.11 Å². The van der Waals surface area contributed by atoms with Crippen LogP contribution in [0.4, 0.5) is 0 Å². The van der Waals surface area contributed by atoms with Crippen LogP contribution in [0.3, 0.4) is 0 Å². The highest BCUT2D eigenvalue weighted by Gasteiger charge is 2.29. The van der Waals surface area contributed by atoms with Crippen molar-refractivity contribution in [1.82, 2.24) is 0 Å². The summed E-state index contributed by atoms with van der Waals surface area (Å²) in [5.74, 6) is -0.146. The molecular weight excluding hydrogens is 164 g/mol. The van der Waals surface area contributed by atoms with Gasteiger partial charge in [0.2, 0.25) is 0 Å². The molecule has 1 saturated carbocycles. The van der Waals surface area contributed by atoms with Gasteiger partial charge in [0.15, 0.2) is 0 Å². The second kappa shape index (κ2) is 5.25. The fraction of sp³-hybridized carbons (Fsp3) is 0.909. The number of carboxylic acids is 1. The van der Waals surface area contributed by atoms with E-state index in [0.717, 1.165) is 32.1 Å². The van der Waals surface area contributed by atoms with Crippen molar-refractivity contribution in [2.24, 2.45) is 11.8 Å². The van der Waals surface area contributed by atoms with Gasteiger partial charge in [0, 0.05) is 0 Å². The van der Waals surface area contributed by atoms with E-state index in [1.54, 1.807) is 0 Å². The van der Waals surface area contributed by atoms with Gasteiger partial charge in [-0.05, 0) is 25.2 Å². The van der Waals surface area contributed by atoms with Crippen LogP contribution in [-0.4, -0.2) is 11.1 Å². The lowest BCUT2D eigenvalue weighted by molar-refractivity contribution is -0.144. The Kier molecular flexibility index (Phi) is 4.26. The molecule has 0 unspecified atom stereocenters. The van der Waals surface area contributed by atoms with E-state index in [0.29, 0.717) is 5.92 Å². The van der Waals surface area contributed by atoms with Crippen LogP contribution in [0.2, 0.25) is 0 Å². The maximum atomic E-state index is 11.0. The topological polar surface area (TPSA) is 37.3 Å². The summed E-state index contributed by atoms with van der Waals surface area (Å²) in [5.41, 5.74) is 0. The van der Waals surface area contributed by atoms with Crippen LogP contribution in [-0.2, 0) is 4.79 Å². The molecule has 0 aromatic heterocycles. The second-order valence-electron chi connectivity index (χ2n) is 4.13. The first-order valence-corrected chi connectivity index (χ1v) is 5.48. The van der Waals surface area contributed by atoms with E-state index in [-0.39, 0.29) is 5.92 Å². The fourth-order valence-corrected chi connectivity index (χ4v) is 2.34. The molecule has 13 heavy (non-hydrogen) atoms. The number of rotatable bonds is 5. The Hall–Kier alpha value is -0.530. The van der Waals surface area contributed by atoms with Crippen LogP contribution in [0.15, 0.2) is 0 Å². The van der Waals surface area contributed by atoms with Crippen molar-refractivity contribution in [3.63, 3.8) is 0 Å². The van der Waals surface area contributed by atoms with Crippen molar-refractivity contribution < 1.29 is 9.90 Å². The predicted molar refractivity (Wildman–Crippen MR) is 52.6 cm³/mol. The lowest BCUT2D eigenvalue weighted by Crippen LogP contribution is -2.21. The quantitative estimate of drug-likeness (QED) is 0.713. The molecule has 1 rings (SSSR count). The van der Waals surface area contributed by atoms with Crippen LogP contribution in [0.1, 0.15) is 51.9 Å². The molecule has 2 nitrogen and oxygen atoms in total. The molecule has 0 bridgehead atoms. The van der Waals surface area contributed by atoms with Crippen molar-refractivity contribution in [1.29, 1.82) is 0 Å². The molecule has 1 aliphatic rings. The van der Waals surface area contributed by atoms with Crippen LogP contribution in [0.25, 0.3) is 0 Å². The number of carbonyl (C=O) groups is 1. The van der Waals surface area contributed by atoms with E-state index in [9.17, 15) is 4.79 Å². The molecule has 1 aliphatic carbocycles. The molecule has 0 amide bonds. The van der Waals surface area contributed by atoms with Crippen molar-refractivity contribution in [2.45, 2.75) is 51.9 Å². The zero-order valence-corrected chi connectivity index (χ0v) is 8.46. The number of hydrogen-bond donors (Lipinski definition) is 1. The minimum absolute atomic E-state index is 0.0533. The molecule has 0 heterocycles. The van der Waals surface area contributed by atoms with Gasteiger partial charge in [-0.2, -0.15) is 0 Å². The first-order valence-electron chi connectivity index (χ1n) is 5.48. The van der Waals surface area contributed by atoms with Gasteiger partial charge in [-0.3, -0.25) is 4.79 Å². The standard InChI is InChI=1S/C11H20O2/c1-2-3-8-10(11(12)13)9-6-4-5-7-9/h9-10H,2-8H2,1H3,(H,12,13)/t10-/m1/s1. The third kappa shape index (κ3) is 3.02. The lowest BCUT2D eigenvalue weighted by Gasteiger charge is -2.18. The van der Waals surface area contributed by atoms with Gasteiger partial charge in [0.05, 0.1) is 5.92 Å². The zero-order valence-electron chi connectivity index (χ0n) is 8.46. The summed E-state index contributed by atoms with van der Waals surface area (Å²) < 4.78 is 0. The van der Waals surface area contributed by atoms with Crippen LogP contribution < -0.4 is 0 Å². The number of unbranched alkanes of at least 4 members (excludes halogenated alkanes) is 1. The van der Waals surface area contributed by atoms with Gasteiger partial charge in [0.1, 0.15) is 0 Å². The highest BCUT2D eigenvalue weighted by Crippen LogP contribution is 2.34. The summed E-state index contributed by atoms with van der Waals surface area (Å²) in [5, 5.41) is 9.06. The molecule has 76 valence electrons. The Morgan fingerprint density at radius 3 is 2.54 bits per heavy atom. The van der Waals surface area contributed by atoms with E-state index in [1.807, 2.05) is 0 Å². The summed E-state index contributed by atoms with van der Waals surface area (Å²) in [6, 6.07) is 0. The summed E-state index contributed by atoms with van der Waals surface area (Å²) in [4.78, 5) is 11.0. The summed E-state index contributed by atoms with van der Waals surface area (Å²) in [6.45, 7) is 2.12. The van der Waals surface area contributed by atoms with Crippen molar-refractivity contribution in [3.8, 4) is 0 Å². The average molecular weight is 184 g/mol. The Labute approximate surface area is 80.3 Å². The van der Waals surface area contributed by atoms with Gasteiger partial charge in [-0.25, -0.2) is 0 Å². The predicted octanol–water partition coefficient (Wildman–Crippen LogP) is 3.07. The molecule has 2 heteroatoms. The van der Waals surface area contributed by atoms with Crippen molar-refractivity contribution >= 4 is 5.97 Å². The van der Waals surface area contributed by atoms with E-state index in [2.05, 4.69) is 6.92 Å². The molecule has 1 fully saturated rings. The molecular formula is C11H20O2. The normalized spacial score (nSPS) is 20.4. The van der Waals surface area contributed by atoms with Crippen molar-refractivity contribution in [2.75, 3.05) is 0 Å². The Morgan fingerprint density at radius 2 is 2.08 bits per heavy atom. The fourth-order valence-electron chi connectivity index (χ4n) is 2.34. The lowest BCUT2D eigenvalue weighted by atomic mass is 9.87. The largest absolute Gasteiger partial charge is 0.481 e. The second-order valence-corrected chi connectivity index (χ2v) is 4.13. The van der Waals surface area contributed by atoms with Gasteiger partial charge in [0.25, 0.3) is 0 Å². The smallest absolute Gasteiger partial charge is 0.306 e. The molecule has 0 spiro atoms. The van der Waals surface area contributed by atoms with E-state index in [1.165, 1.54) is 12.8 Å². The van der Waals surface area contributed by atoms with Gasteiger partial charge in [-0.1, -0.05) is 32.6 Å². The molecule has 0 saturated heterocycles. The summed E-state index contributed by atoms with van der Waals surface area (Å²) in [7, 11) is 0. The number of aliphatic carboxylic acids is 1. The Bertz CT molecular complexity index is 159. The zero-order chi connectivity index (χ0) is 9.68. The summed E-state index contributed by atoms with van der Waals surface area (Å²) in [6.07, 6.45) is 7.81. The van der Waals surface area contributed by atoms with Crippen LogP contribution in [0, 0.1) is 11.8 Å². The van der Waals surface area contributed by atoms with E-state index < -0.39 is 5.97 Å². The summed E-state index contributed by atoms with van der Waals surface area (Å²) >= 11 is 0. The number of carboxylic acid groups (broad SMARTS) is 1. The molecule has 0 aromatic carbocycles. The highest BCUT2D eigenvalue weighted by molar-refractivity contribution is 5.70. The maximum Gasteiger partial charge on any atom is 0.306 e. The van der Waals surface area contributed by atoms with Crippen LogP contribution in [0.5, 0.6) is 0 Å². The van der Waals surface area contributed by atoms with E-state index >= 15 is 0 Å². The molecule has 0 aliphatic heterocycles. The third-order valence-corrected chi connectivity index (χ3v) is 3.15. The molecule has 0 aromatic rings. The van der Waals surface area contributed by atoms with Crippen molar-refractivity contribution in [3.05, 3.63) is 0 Å². The Morgan fingerprint density at radius 1 is 1.46 bits per heavy atom. The number of hydrogen-bond acceptors (Lipinski definition) is 1. The molecule has 0 radical (unpaired) electrons. The SMILES string of the molecule is CCCC[C@@H](C(=O)O)C1CCCC1. The van der Waals surface area contributed by atoms with Gasteiger partial charge in [-0.15, -0.1) is 0 Å². The third-order valence-electron chi connectivity index (χ3n) is 3.15. The maximum absolute atomic E-state index is 11.0. The Balaban J connectivity index is 2.40. The monoisotopic (exact) mass is 184 g/mol. The highest BCUT2D eigenvalue weighted by atomic mass is 16.4. The first-order chi connectivity index (χ1) is 6.25. The van der Waals surface area contributed by atoms with E-state index in [4.69, 9.17) is 5.11 Å².